The van der Waals surface area contributed by atoms with E-state index in [2.05, 4.69) is 31.0 Å². The number of aromatic nitrogens is 3. The van der Waals surface area contributed by atoms with Crippen molar-refractivity contribution in [2.75, 3.05) is 0 Å². The summed E-state index contributed by atoms with van der Waals surface area (Å²) in [6, 6.07) is 1.95. The van der Waals surface area contributed by atoms with E-state index in [4.69, 9.17) is 9.26 Å². The lowest BCUT2D eigenvalue weighted by Gasteiger charge is -2.12. The fourth-order valence-corrected chi connectivity index (χ4v) is 1.84. The zero-order chi connectivity index (χ0) is 14.2. The fraction of sp³-hybridized carbons (Fsp3) is 0.571. The Balaban J connectivity index is 2.09. The van der Waals surface area contributed by atoms with Crippen LogP contribution in [0.1, 0.15) is 43.6 Å². The Bertz CT molecular complexity index is 576. The largest absolute Gasteiger partial charge is 0.483 e. The van der Waals surface area contributed by atoms with Crippen LogP contribution in [0.4, 0.5) is 0 Å². The van der Waals surface area contributed by atoms with Crippen LogP contribution in [0.3, 0.4) is 0 Å². The van der Waals surface area contributed by atoms with E-state index in [1.807, 2.05) is 31.6 Å². The van der Waals surface area contributed by atoms with Crippen LogP contribution in [0.15, 0.2) is 10.6 Å². The Morgan fingerprint density at radius 1 is 1.32 bits per heavy atom. The molecule has 0 aliphatic heterocycles. The summed E-state index contributed by atoms with van der Waals surface area (Å²) in [4.78, 5) is 0. The Kier molecular flexibility index (Phi) is 3.39. The quantitative estimate of drug-likeness (QED) is 0.854. The Hall–Kier alpha value is -1.78. The van der Waals surface area contributed by atoms with Crippen LogP contribution in [0.2, 0.25) is 0 Å². The second-order valence-corrected chi connectivity index (χ2v) is 5.84. The van der Waals surface area contributed by atoms with Gasteiger partial charge in [-0.05, 0) is 13.8 Å². The summed E-state index contributed by atoms with van der Waals surface area (Å²) in [5, 5.41) is 8.35. The molecule has 0 atom stereocenters. The monoisotopic (exact) mass is 263 g/mol. The molecule has 2 heterocycles. The number of hydrogen-bond acceptors (Lipinski definition) is 4. The van der Waals surface area contributed by atoms with E-state index in [-0.39, 0.29) is 5.41 Å². The molecule has 104 valence electrons. The van der Waals surface area contributed by atoms with E-state index >= 15 is 0 Å². The third-order valence-electron chi connectivity index (χ3n) is 3.11. The van der Waals surface area contributed by atoms with E-state index in [9.17, 15) is 0 Å². The summed E-state index contributed by atoms with van der Waals surface area (Å²) < 4.78 is 12.9. The lowest BCUT2D eigenvalue weighted by molar-refractivity contribution is 0.277. The molecule has 0 saturated carbocycles. The first kappa shape index (κ1) is 13.6. The predicted molar refractivity (Wildman–Crippen MR) is 72.2 cm³/mol. The van der Waals surface area contributed by atoms with Crippen molar-refractivity contribution in [2.45, 2.75) is 46.6 Å². The van der Waals surface area contributed by atoms with Crippen LogP contribution >= 0.6 is 0 Å². The summed E-state index contributed by atoms with van der Waals surface area (Å²) in [6.07, 6.45) is 0. The van der Waals surface area contributed by atoms with Gasteiger partial charge in [0, 0.05) is 18.5 Å². The normalized spacial score (nSPS) is 11.9. The molecular weight excluding hydrogens is 242 g/mol. The average molecular weight is 263 g/mol. The number of ether oxygens (including phenoxy) is 1. The Morgan fingerprint density at radius 2 is 2.00 bits per heavy atom. The zero-order valence-corrected chi connectivity index (χ0v) is 12.4. The minimum absolute atomic E-state index is 0.0363. The van der Waals surface area contributed by atoms with E-state index in [0.717, 1.165) is 28.6 Å². The summed E-state index contributed by atoms with van der Waals surface area (Å²) in [7, 11) is 1.91. The third-order valence-corrected chi connectivity index (χ3v) is 3.11. The van der Waals surface area contributed by atoms with E-state index in [1.165, 1.54) is 0 Å². The van der Waals surface area contributed by atoms with Gasteiger partial charge in [-0.2, -0.15) is 5.10 Å². The summed E-state index contributed by atoms with van der Waals surface area (Å²) >= 11 is 0. The molecule has 19 heavy (non-hydrogen) atoms. The maximum absolute atomic E-state index is 5.79. The second-order valence-electron chi connectivity index (χ2n) is 5.84. The number of hydrogen-bond donors (Lipinski definition) is 0. The van der Waals surface area contributed by atoms with Crippen LogP contribution in [-0.2, 0) is 19.1 Å². The number of aryl methyl sites for hydroxylation is 2. The topological polar surface area (TPSA) is 53.1 Å². The summed E-state index contributed by atoms with van der Waals surface area (Å²) in [6.45, 7) is 10.6. The van der Waals surface area contributed by atoms with Crippen molar-refractivity contribution in [2.24, 2.45) is 7.05 Å². The minimum Gasteiger partial charge on any atom is -0.483 e. The van der Waals surface area contributed by atoms with E-state index < -0.39 is 0 Å². The predicted octanol–water partition coefficient (Wildman–Crippen LogP) is 2.90. The molecule has 0 unspecified atom stereocenters. The van der Waals surface area contributed by atoms with Crippen molar-refractivity contribution in [3.05, 3.63) is 28.9 Å². The minimum atomic E-state index is -0.0363. The van der Waals surface area contributed by atoms with E-state index in [0.29, 0.717) is 6.61 Å². The van der Waals surface area contributed by atoms with Gasteiger partial charge in [0.1, 0.15) is 23.8 Å². The molecular formula is C14H21N3O2. The highest BCUT2D eigenvalue weighted by Gasteiger charge is 2.20. The lowest BCUT2D eigenvalue weighted by atomic mass is 9.93. The first-order chi connectivity index (χ1) is 8.79. The highest BCUT2D eigenvalue weighted by atomic mass is 16.5. The van der Waals surface area contributed by atoms with Gasteiger partial charge < -0.3 is 9.26 Å². The van der Waals surface area contributed by atoms with Gasteiger partial charge in [-0.1, -0.05) is 25.9 Å². The van der Waals surface area contributed by atoms with Gasteiger partial charge in [-0.25, -0.2) is 0 Å². The van der Waals surface area contributed by atoms with Crippen LogP contribution in [0.25, 0.3) is 0 Å². The molecule has 5 heteroatoms. The SMILES string of the molecule is Cc1nn(C)c(C)c1OCc1cc(C(C)(C)C)on1. The van der Waals surface area contributed by atoms with Gasteiger partial charge in [0.25, 0.3) is 0 Å². The molecule has 0 spiro atoms. The van der Waals surface area contributed by atoms with Gasteiger partial charge in [0.15, 0.2) is 5.75 Å². The molecule has 0 radical (unpaired) electrons. The van der Waals surface area contributed by atoms with Gasteiger partial charge in [-0.3, -0.25) is 4.68 Å². The molecule has 2 aromatic heterocycles. The van der Waals surface area contributed by atoms with Gasteiger partial charge >= 0.3 is 0 Å². The highest BCUT2D eigenvalue weighted by molar-refractivity contribution is 5.31. The molecule has 0 N–H and O–H groups in total. The van der Waals surface area contributed by atoms with Gasteiger partial charge in [0.05, 0.1) is 5.69 Å². The van der Waals surface area contributed by atoms with Crippen molar-refractivity contribution in [3.63, 3.8) is 0 Å². The van der Waals surface area contributed by atoms with Crippen molar-refractivity contribution >= 4 is 0 Å². The lowest BCUT2D eigenvalue weighted by Crippen LogP contribution is -2.09. The third kappa shape index (κ3) is 2.80. The zero-order valence-electron chi connectivity index (χ0n) is 12.4. The number of rotatable bonds is 3. The second kappa shape index (κ2) is 4.72. The van der Waals surface area contributed by atoms with Crippen LogP contribution in [-0.4, -0.2) is 14.9 Å². The van der Waals surface area contributed by atoms with Crippen LogP contribution < -0.4 is 4.74 Å². The Morgan fingerprint density at radius 3 is 2.47 bits per heavy atom. The molecule has 2 aromatic rings. The smallest absolute Gasteiger partial charge is 0.163 e. The standard InChI is InChI=1S/C14H21N3O2/c1-9-13(10(2)17(6)15-9)18-8-11-7-12(19-16-11)14(3,4)5/h7H,8H2,1-6H3. The molecule has 5 nitrogen and oxygen atoms in total. The van der Waals surface area contributed by atoms with Crippen LogP contribution in [0, 0.1) is 13.8 Å². The molecule has 0 bridgehead atoms. The molecule has 0 aromatic carbocycles. The molecule has 0 fully saturated rings. The van der Waals surface area contributed by atoms with Crippen molar-refractivity contribution in [1.29, 1.82) is 0 Å². The first-order valence-electron chi connectivity index (χ1n) is 6.38. The average Bonchev–Trinajstić information content (AvgIpc) is 2.84. The van der Waals surface area contributed by atoms with Crippen molar-refractivity contribution in [1.82, 2.24) is 14.9 Å². The summed E-state index contributed by atoms with van der Waals surface area (Å²) in [5.74, 6) is 1.69. The molecule has 2 rings (SSSR count). The van der Waals surface area contributed by atoms with Gasteiger partial charge in [0.2, 0.25) is 0 Å². The summed E-state index contributed by atoms with van der Waals surface area (Å²) in [5.41, 5.74) is 2.66. The molecule has 0 saturated heterocycles. The van der Waals surface area contributed by atoms with Crippen molar-refractivity contribution in [3.8, 4) is 5.75 Å². The Labute approximate surface area is 113 Å². The molecule has 0 amide bonds. The molecule has 0 aliphatic rings. The van der Waals surface area contributed by atoms with Crippen molar-refractivity contribution < 1.29 is 9.26 Å². The fourth-order valence-electron chi connectivity index (χ4n) is 1.84. The highest BCUT2D eigenvalue weighted by Crippen LogP contribution is 2.25. The maximum Gasteiger partial charge on any atom is 0.163 e. The van der Waals surface area contributed by atoms with Crippen LogP contribution in [0.5, 0.6) is 5.75 Å². The molecule has 0 aliphatic carbocycles. The van der Waals surface area contributed by atoms with E-state index in [1.54, 1.807) is 0 Å². The van der Waals surface area contributed by atoms with Gasteiger partial charge in [-0.15, -0.1) is 0 Å². The first-order valence-corrected chi connectivity index (χ1v) is 6.38. The number of nitrogens with zero attached hydrogens (tertiary/aromatic N) is 3. The maximum atomic E-state index is 5.79.